The van der Waals surface area contributed by atoms with Crippen LogP contribution in [0.15, 0.2) is 0 Å². The third kappa shape index (κ3) is 5.75. The van der Waals surface area contributed by atoms with Gasteiger partial charge in [-0.05, 0) is 12.8 Å². The average molecular weight is 217 g/mol. The van der Waals surface area contributed by atoms with Crippen LogP contribution in [0.4, 0.5) is 4.79 Å². The van der Waals surface area contributed by atoms with E-state index in [-0.39, 0.29) is 12.1 Å². The molecule has 1 atom stereocenters. The maximum absolute atomic E-state index is 11.3. The molecule has 5 heteroatoms. The summed E-state index contributed by atoms with van der Waals surface area (Å²) in [6.07, 6.45) is 2.64. The fraction of sp³-hybridized carbons (Fsp3) is 0.778. The Morgan fingerprint density at radius 3 is 2.50 bits per heavy atom. The van der Waals surface area contributed by atoms with Gasteiger partial charge in [0, 0.05) is 6.54 Å². The Morgan fingerprint density at radius 2 is 2.07 bits per heavy atom. The van der Waals surface area contributed by atoms with Crippen LogP contribution in [0, 0.1) is 0 Å². The number of nitrogens with two attached hydrogens (primary N) is 1. The van der Waals surface area contributed by atoms with Crippen molar-refractivity contribution < 1.29 is 4.79 Å². The fourth-order valence-corrected chi connectivity index (χ4v) is 1.20. The van der Waals surface area contributed by atoms with Crippen molar-refractivity contribution in [2.75, 3.05) is 6.54 Å². The molecule has 14 heavy (non-hydrogen) atoms. The SMILES string of the molecule is CCCNC(=O)NC(CCC)C(N)=S. The van der Waals surface area contributed by atoms with Gasteiger partial charge in [-0.15, -0.1) is 0 Å². The Bertz CT molecular complexity index is 196. The van der Waals surface area contributed by atoms with Crippen molar-refractivity contribution in [1.29, 1.82) is 0 Å². The van der Waals surface area contributed by atoms with Crippen molar-refractivity contribution in [3.8, 4) is 0 Å². The van der Waals surface area contributed by atoms with Crippen molar-refractivity contribution in [3.05, 3.63) is 0 Å². The molecule has 0 bridgehead atoms. The van der Waals surface area contributed by atoms with E-state index < -0.39 is 0 Å². The van der Waals surface area contributed by atoms with E-state index in [2.05, 4.69) is 10.6 Å². The van der Waals surface area contributed by atoms with Gasteiger partial charge in [0.05, 0.1) is 11.0 Å². The van der Waals surface area contributed by atoms with Gasteiger partial charge in [0.25, 0.3) is 0 Å². The first-order chi connectivity index (χ1) is 6.61. The molecule has 0 radical (unpaired) electrons. The number of thiocarbonyl (C=S) groups is 1. The molecular formula is C9H19N3OS. The smallest absolute Gasteiger partial charge is 0.315 e. The van der Waals surface area contributed by atoms with Crippen molar-refractivity contribution in [1.82, 2.24) is 10.6 Å². The van der Waals surface area contributed by atoms with Crippen LogP contribution in [0.25, 0.3) is 0 Å². The molecule has 1 unspecified atom stereocenters. The van der Waals surface area contributed by atoms with E-state index in [4.69, 9.17) is 18.0 Å². The monoisotopic (exact) mass is 217 g/mol. The normalized spacial score (nSPS) is 11.9. The Kier molecular flexibility index (Phi) is 7.10. The molecule has 0 aromatic heterocycles. The summed E-state index contributed by atoms with van der Waals surface area (Å²) in [5.41, 5.74) is 5.49. The van der Waals surface area contributed by atoms with Crippen LogP contribution in [0.1, 0.15) is 33.1 Å². The number of rotatable bonds is 6. The predicted octanol–water partition coefficient (Wildman–Crippen LogP) is 1.15. The summed E-state index contributed by atoms with van der Waals surface area (Å²) in [5.74, 6) is 0. The summed E-state index contributed by atoms with van der Waals surface area (Å²) in [4.78, 5) is 11.6. The minimum absolute atomic E-state index is 0.188. The zero-order valence-electron chi connectivity index (χ0n) is 8.80. The second-order valence-electron chi connectivity index (χ2n) is 3.14. The fourth-order valence-electron chi connectivity index (χ4n) is 1.02. The molecule has 0 aromatic carbocycles. The zero-order chi connectivity index (χ0) is 11.0. The van der Waals surface area contributed by atoms with E-state index in [0.717, 1.165) is 19.3 Å². The number of carbonyl (C=O) groups excluding carboxylic acids is 1. The van der Waals surface area contributed by atoms with Crippen LogP contribution in [-0.4, -0.2) is 23.6 Å². The molecule has 0 rings (SSSR count). The molecule has 82 valence electrons. The standard InChI is InChI=1S/C9H19N3OS/c1-3-5-7(8(10)14)12-9(13)11-6-4-2/h7H,3-6H2,1-2H3,(H2,10,14)(H2,11,12,13). The van der Waals surface area contributed by atoms with Gasteiger partial charge in [0.1, 0.15) is 0 Å². The molecule has 0 saturated heterocycles. The van der Waals surface area contributed by atoms with E-state index in [1.54, 1.807) is 0 Å². The van der Waals surface area contributed by atoms with E-state index in [9.17, 15) is 4.79 Å². The highest BCUT2D eigenvalue weighted by atomic mass is 32.1. The van der Waals surface area contributed by atoms with Gasteiger partial charge in [-0.2, -0.15) is 0 Å². The van der Waals surface area contributed by atoms with Crippen LogP contribution < -0.4 is 16.4 Å². The average Bonchev–Trinajstić information content (AvgIpc) is 2.14. The summed E-state index contributed by atoms with van der Waals surface area (Å²) in [6, 6.07) is -0.384. The molecule has 0 spiro atoms. The molecular weight excluding hydrogens is 198 g/mol. The lowest BCUT2D eigenvalue weighted by atomic mass is 10.2. The molecule has 0 aromatic rings. The summed E-state index contributed by atoms with van der Waals surface area (Å²) in [7, 11) is 0. The lowest BCUT2D eigenvalue weighted by Crippen LogP contribution is -2.47. The molecule has 0 aliphatic rings. The van der Waals surface area contributed by atoms with Crippen molar-refractivity contribution in [3.63, 3.8) is 0 Å². The summed E-state index contributed by atoms with van der Waals surface area (Å²) < 4.78 is 0. The highest BCUT2D eigenvalue weighted by molar-refractivity contribution is 7.80. The number of nitrogens with one attached hydrogen (secondary N) is 2. The lowest BCUT2D eigenvalue weighted by Gasteiger charge is -2.16. The van der Waals surface area contributed by atoms with Gasteiger partial charge < -0.3 is 16.4 Å². The molecule has 4 N–H and O–H groups in total. The minimum atomic E-state index is -0.196. The summed E-state index contributed by atoms with van der Waals surface area (Å²) in [5, 5.41) is 5.45. The number of amides is 2. The Morgan fingerprint density at radius 1 is 1.43 bits per heavy atom. The largest absolute Gasteiger partial charge is 0.392 e. The number of hydrogen-bond acceptors (Lipinski definition) is 2. The van der Waals surface area contributed by atoms with Gasteiger partial charge in [0.15, 0.2) is 0 Å². The topological polar surface area (TPSA) is 67.2 Å². The quantitative estimate of drug-likeness (QED) is 0.585. The van der Waals surface area contributed by atoms with Gasteiger partial charge >= 0.3 is 6.03 Å². The van der Waals surface area contributed by atoms with Crippen LogP contribution in [0.3, 0.4) is 0 Å². The molecule has 0 aliphatic heterocycles. The van der Waals surface area contributed by atoms with Crippen LogP contribution >= 0.6 is 12.2 Å². The first-order valence-electron chi connectivity index (χ1n) is 4.95. The van der Waals surface area contributed by atoms with Crippen molar-refractivity contribution in [2.24, 2.45) is 5.73 Å². The molecule has 2 amide bonds. The molecule has 0 fully saturated rings. The first-order valence-corrected chi connectivity index (χ1v) is 5.36. The molecule has 0 saturated carbocycles. The number of carbonyl (C=O) groups is 1. The highest BCUT2D eigenvalue weighted by Crippen LogP contribution is 1.96. The van der Waals surface area contributed by atoms with E-state index >= 15 is 0 Å². The Hall–Kier alpha value is -0.840. The zero-order valence-corrected chi connectivity index (χ0v) is 9.62. The maximum atomic E-state index is 11.3. The predicted molar refractivity (Wildman–Crippen MR) is 62.3 cm³/mol. The summed E-state index contributed by atoms with van der Waals surface area (Å²) in [6.45, 7) is 4.69. The first kappa shape index (κ1) is 13.2. The minimum Gasteiger partial charge on any atom is -0.392 e. The Balaban J connectivity index is 3.90. The second kappa shape index (κ2) is 7.55. The maximum Gasteiger partial charge on any atom is 0.315 e. The molecule has 0 heterocycles. The highest BCUT2D eigenvalue weighted by Gasteiger charge is 2.12. The lowest BCUT2D eigenvalue weighted by molar-refractivity contribution is 0.239. The van der Waals surface area contributed by atoms with Gasteiger partial charge in [-0.3, -0.25) is 0 Å². The third-order valence-electron chi connectivity index (χ3n) is 1.76. The molecule has 0 aliphatic carbocycles. The van der Waals surface area contributed by atoms with E-state index in [1.165, 1.54) is 0 Å². The van der Waals surface area contributed by atoms with Gasteiger partial charge in [-0.1, -0.05) is 32.5 Å². The van der Waals surface area contributed by atoms with Crippen molar-refractivity contribution in [2.45, 2.75) is 39.2 Å². The van der Waals surface area contributed by atoms with E-state index in [0.29, 0.717) is 11.5 Å². The Labute approximate surface area is 90.6 Å². The van der Waals surface area contributed by atoms with Gasteiger partial charge in [-0.25, -0.2) is 4.79 Å². The third-order valence-corrected chi connectivity index (χ3v) is 2.05. The second-order valence-corrected chi connectivity index (χ2v) is 3.62. The van der Waals surface area contributed by atoms with Gasteiger partial charge in [0.2, 0.25) is 0 Å². The van der Waals surface area contributed by atoms with E-state index in [1.807, 2.05) is 13.8 Å². The number of hydrogen-bond donors (Lipinski definition) is 3. The van der Waals surface area contributed by atoms with Crippen molar-refractivity contribution >= 4 is 23.2 Å². The summed E-state index contributed by atoms with van der Waals surface area (Å²) >= 11 is 4.85. The molecule has 4 nitrogen and oxygen atoms in total. The van der Waals surface area contributed by atoms with Crippen LogP contribution in [0.2, 0.25) is 0 Å². The van der Waals surface area contributed by atoms with Crippen LogP contribution in [0.5, 0.6) is 0 Å². The van der Waals surface area contributed by atoms with Crippen LogP contribution in [-0.2, 0) is 0 Å². The number of urea groups is 1.